The highest BCUT2D eigenvalue weighted by Crippen LogP contribution is 2.44. The summed E-state index contributed by atoms with van der Waals surface area (Å²) in [4.78, 5) is 39.5. The van der Waals surface area contributed by atoms with Crippen molar-refractivity contribution in [3.63, 3.8) is 0 Å². The maximum Gasteiger partial charge on any atom is 0.407 e. The lowest BCUT2D eigenvalue weighted by Gasteiger charge is -2.31. The molecule has 5 rings (SSSR count). The van der Waals surface area contributed by atoms with Gasteiger partial charge in [-0.15, -0.1) is 0 Å². The maximum atomic E-state index is 13.5. The summed E-state index contributed by atoms with van der Waals surface area (Å²) in [5, 5.41) is 12.4. The maximum absolute atomic E-state index is 13.5. The average molecular weight is 479 g/mol. The van der Waals surface area contributed by atoms with Crippen LogP contribution in [0, 0.1) is 0 Å². The van der Waals surface area contributed by atoms with Crippen molar-refractivity contribution in [1.82, 2.24) is 10.2 Å². The summed E-state index contributed by atoms with van der Waals surface area (Å²) < 4.78 is 11.3. The van der Waals surface area contributed by atoms with Crippen LogP contribution in [-0.4, -0.2) is 65.4 Å². The third kappa shape index (κ3) is 4.27. The number of fused-ring (bicyclic) bond motifs is 4. The number of carbonyl (C=O) groups excluding carboxylic acids is 2. The number of nitrogens with one attached hydrogen (secondary N) is 1. The smallest absolute Gasteiger partial charge is 0.407 e. The predicted octanol–water partition coefficient (Wildman–Crippen LogP) is 3.54. The van der Waals surface area contributed by atoms with Gasteiger partial charge in [-0.2, -0.15) is 0 Å². The fourth-order valence-electron chi connectivity index (χ4n) is 5.79. The normalized spacial score (nSPS) is 23.3. The van der Waals surface area contributed by atoms with Crippen LogP contribution in [0.4, 0.5) is 4.79 Å². The van der Waals surface area contributed by atoms with E-state index in [0.717, 1.165) is 22.3 Å². The first-order chi connectivity index (χ1) is 17.0. The molecule has 3 unspecified atom stereocenters. The summed E-state index contributed by atoms with van der Waals surface area (Å²) in [6.45, 7) is 2.57. The highest BCUT2D eigenvalue weighted by atomic mass is 16.5. The molecule has 2 aromatic rings. The molecule has 0 spiro atoms. The number of carbonyl (C=O) groups is 3. The number of benzene rings is 2. The molecule has 35 heavy (non-hydrogen) atoms. The summed E-state index contributed by atoms with van der Waals surface area (Å²) in [5.41, 5.74) is 4.49. The molecule has 8 nitrogen and oxygen atoms in total. The van der Waals surface area contributed by atoms with E-state index in [4.69, 9.17) is 9.47 Å². The molecule has 1 aliphatic carbocycles. The fraction of sp³-hybridized carbons (Fsp3) is 0.444. The summed E-state index contributed by atoms with van der Waals surface area (Å²) in [7, 11) is 0. The average Bonchev–Trinajstić information content (AvgIpc) is 3.54. The third-order valence-electron chi connectivity index (χ3n) is 7.37. The SMILES string of the molecule is CCC[C@H](NC(=O)OCC1c2ccccc2-c2ccccc21)C(=O)N1C(C(=O)O)CC2OCCC21. The van der Waals surface area contributed by atoms with Gasteiger partial charge in [0.2, 0.25) is 5.91 Å². The third-order valence-corrected chi connectivity index (χ3v) is 7.37. The van der Waals surface area contributed by atoms with Gasteiger partial charge in [0.15, 0.2) is 0 Å². The quantitative estimate of drug-likeness (QED) is 0.631. The lowest BCUT2D eigenvalue weighted by molar-refractivity contribution is -0.150. The highest BCUT2D eigenvalue weighted by Gasteiger charge is 2.51. The topological polar surface area (TPSA) is 105 Å². The van der Waals surface area contributed by atoms with Crippen LogP contribution < -0.4 is 5.32 Å². The molecular formula is C27H30N2O6. The number of amides is 2. The molecule has 2 aromatic carbocycles. The van der Waals surface area contributed by atoms with Crippen LogP contribution in [0.5, 0.6) is 0 Å². The minimum atomic E-state index is -1.05. The number of alkyl carbamates (subject to hydrolysis) is 1. The van der Waals surface area contributed by atoms with Crippen molar-refractivity contribution in [3.05, 3.63) is 59.7 Å². The molecule has 0 aromatic heterocycles. The van der Waals surface area contributed by atoms with Crippen molar-refractivity contribution >= 4 is 18.0 Å². The Labute approximate surface area is 204 Å². The van der Waals surface area contributed by atoms with Gasteiger partial charge in [0, 0.05) is 18.9 Å². The standard InChI is InChI=1S/C27H30N2O6/c1-2-7-21(25(30)29-22-12-13-34-24(22)14-23(29)26(31)32)28-27(33)35-15-20-18-10-5-3-8-16(18)17-9-4-6-11-19(17)20/h3-6,8-11,20-24H,2,7,12-15H2,1H3,(H,28,33)(H,31,32)/t21-,22?,23?,24?/m0/s1. The van der Waals surface area contributed by atoms with E-state index in [1.165, 1.54) is 4.90 Å². The number of nitrogens with zero attached hydrogens (tertiary/aromatic N) is 1. The molecule has 2 aliphatic heterocycles. The summed E-state index contributed by atoms with van der Waals surface area (Å²) in [6.07, 6.45) is 0.973. The van der Waals surface area contributed by atoms with Crippen molar-refractivity contribution in [3.8, 4) is 11.1 Å². The van der Waals surface area contributed by atoms with E-state index in [9.17, 15) is 19.5 Å². The molecule has 0 radical (unpaired) electrons. The zero-order chi connectivity index (χ0) is 24.5. The van der Waals surface area contributed by atoms with E-state index < -0.39 is 24.1 Å². The van der Waals surface area contributed by atoms with Crippen LogP contribution in [-0.2, 0) is 19.1 Å². The van der Waals surface area contributed by atoms with E-state index in [-0.39, 0.29) is 37.0 Å². The Morgan fingerprint density at radius 1 is 1.11 bits per heavy atom. The monoisotopic (exact) mass is 478 g/mol. The van der Waals surface area contributed by atoms with Gasteiger partial charge in [-0.05, 0) is 35.1 Å². The molecular weight excluding hydrogens is 448 g/mol. The van der Waals surface area contributed by atoms with Crippen molar-refractivity contribution in [2.24, 2.45) is 0 Å². The van der Waals surface area contributed by atoms with Crippen LogP contribution in [0.25, 0.3) is 11.1 Å². The van der Waals surface area contributed by atoms with Crippen molar-refractivity contribution in [2.45, 2.75) is 62.8 Å². The van der Waals surface area contributed by atoms with E-state index in [0.29, 0.717) is 25.9 Å². The fourth-order valence-corrected chi connectivity index (χ4v) is 5.79. The zero-order valence-corrected chi connectivity index (χ0v) is 19.7. The Morgan fingerprint density at radius 3 is 2.40 bits per heavy atom. The number of carboxylic acids is 1. The number of carboxylic acid groups (broad SMARTS) is 1. The molecule has 184 valence electrons. The molecule has 3 aliphatic rings. The predicted molar refractivity (Wildman–Crippen MR) is 128 cm³/mol. The second kappa shape index (κ2) is 9.70. The Kier molecular flexibility index (Phi) is 6.47. The Hall–Kier alpha value is -3.39. The first kappa shape index (κ1) is 23.4. The van der Waals surface area contributed by atoms with Gasteiger partial charge in [0.05, 0.1) is 12.1 Å². The Morgan fingerprint density at radius 2 is 1.77 bits per heavy atom. The lowest BCUT2D eigenvalue weighted by Crippen LogP contribution is -2.54. The van der Waals surface area contributed by atoms with E-state index in [1.54, 1.807) is 0 Å². The van der Waals surface area contributed by atoms with Crippen LogP contribution in [0.15, 0.2) is 48.5 Å². The van der Waals surface area contributed by atoms with Gasteiger partial charge < -0.3 is 24.8 Å². The zero-order valence-electron chi connectivity index (χ0n) is 19.7. The number of hydrogen-bond acceptors (Lipinski definition) is 5. The number of hydrogen-bond donors (Lipinski definition) is 2. The number of aliphatic carboxylic acids is 1. The second-order valence-electron chi connectivity index (χ2n) is 9.41. The molecule has 2 heterocycles. The van der Waals surface area contributed by atoms with Gasteiger partial charge in [-0.1, -0.05) is 61.9 Å². The van der Waals surface area contributed by atoms with Gasteiger partial charge in [-0.25, -0.2) is 9.59 Å². The minimum Gasteiger partial charge on any atom is -0.480 e. The molecule has 2 saturated heterocycles. The summed E-state index contributed by atoms with van der Waals surface area (Å²) in [6, 6.07) is 14.1. The van der Waals surface area contributed by atoms with Crippen molar-refractivity contribution < 1.29 is 29.0 Å². The number of likely N-dealkylation sites (tertiary alicyclic amines) is 1. The highest BCUT2D eigenvalue weighted by molar-refractivity contribution is 5.90. The second-order valence-corrected chi connectivity index (χ2v) is 9.41. The molecule has 8 heteroatoms. The molecule has 2 amide bonds. The Balaban J connectivity index is 1.28. The van der Waals surface area contributed by atoms with Crippen molar-refractivity contribution in [1.29, 1.82) is 0 Å². The van der Waals surface area contributed by atoms with Gasteiger partial charge in [0.25, 0.3) is 0 Å². The van der Waals surface area contributed by atoms with Gasteiger partial charge in [0.1, 0.15) is 18.7 Å². The van der Waals surface area contributed by atoms with Crippen molar-refractivity contribution in [2.75, 3.05) is 13.2 Å². The molecule has 2 fully saturated rings. The minimum absolute atomic E-state index is 0.0835. The molecule has 0 saturated carbocycles. The lowest BCUT2D eigenvalue weighted by atomic mass is 9.98. The first-order valence-corrected chi connectivity index (χ1v) is 12.3. The summed E-state index contributed by atoms with van der Waals surface area (Å²) >= 11 is 0. The van der Waals surface area contributed by atoms with Crippen LogP contribution in [0.1, 0.15) is 49.7 Å². The molecule has 0 bridgehead atoms. The van der Waals surface area contributed by atoms with E-state index in [1.807, 2.05) is 43.3 Å². The molecule has 4 atom stereocenters. The van der Waals surface area contributed by atoms with Crippen LogP contribution >= 0.6 is 0 Å². The van der Waals surface area contributed by atoms with Gasteiger partial charge >= 0.3 is 12.1 Å². The largest absolute Gasteiger partial charge is 0.480 e. The number of rotatable bonds is 7. The van der Waals surface area contributed by atoms with Crippen LogP contribution in [0.2, 0.25) is 0 Å². The van der Waals surface area contributed by atoms with Gasteiger partial charge in [-0.3, -0.25) is 4.79 Å². The number of ether oxygens (including phenoxy) is 2. The van der Waals surface area contributed by atoms with E-state index in [2.05, 4.69) is 17.4 Å². The summed E-state index contributed by atoms with van der Waals surface area (Å²) in [5.74, 6) is -1.52. The Bertz CT molecular complexity index is 1090. The molecule has 2 N–H and O–H groups in total. The van der Waals surface area contributed by atoms with Crippen LogP contribution in [0.3, 0.4) is 0 Å². The van der Waals surface area contributed by atoms with E-state index >= 15 is 0 Å². The first-order valence-electron chi connectivity index (χ1n) is 12.3.